The second kappa shape index (κ2) is 9.36. The number of thiocarbonyl (C=S) groups is 1. The summed E-state index contributed by atoms with van der Waals surface area (Å²) in [6, 6.07) is 11.9. The van der Waals surface area contributed by atoms with Gasteiger partial charge in [0.05, 0.1) is 11.2 Å². The number of carbonyl (C=O) groups excluding carboxylic acids is 1. The van der Waals surface area contributed by atoms with E-state index >= 15 is 0 Å². The van der Waals surface area contributed by atoms with Gasteiger partial charge in [0.15, 0.2) is 5.11 Å². The Hall–Kier alpha value is -2.15. The molecule has 25 heavy (non-hydrogen) atoms. The lowest BCUT2D eigenvalue weighted by Gasteiger charge is -2.09. The van der Waals surface area contributed by atoms with Crippen LogP contribution in [0.25, 0.3) is 0 Å². The Kier molecular flexibility index (Phi) is 7.18. The number of amides is 1. The Morgan fingerprint density at radius 3 is 2.56 bits per heavy atom. The van der Waals surface area contributed by atoms with Crippen LogP contribution >= 0.6 is 35.4 Å². The Morgan fingerprint density at radius 1 is 1.20 bits per heavy atom. The molecule has 0 atom stereocenters. The fraction of sp³-hybridized carbons (Fsp3) is 0.118. The monoisotopic (exact) mass is 394 g/mol. The smallest absolute Gasteiger partial charge is 0.271 e. The van der Waals surface area contributed by atoms with Gasteiger partial charge in [0.2, 0.25) is 0 Å². The van der Waals surface area contributed by atoms with Crippen molar-refractivity contribution < 1.29 is 4.79 Å². The molecule has 0 spiro atoms. The van der Waals surface area contributed by atoms with Crippen LogP contribution in [0, 0.1) is 0 Å². The van der Waals surface area contributed by atoms with Crippen molar-refractivity contribution in [1.29, 1.82) is 0 Å². The molecule has 0 fully saturated rings. The Balaban J connectivity index is 1.94. The zero-order valence-corrected chi connectivity index (χ0v) is 15.7. The molecule has 130 valence electrons. The second-order valence-corrected chi connectivity index (χ2v) is 6.18. The molecule has 0 aliphatic rings. The van der Waals surface area contributed by atoms with Crippen molar-refractivity contribution in [3.05, 3.63) is 63.6 Å². The van der Waals surface area contributed by atoms with Gasteiger partial charge in [-0.05, 0) is 55.5 Å². The van der Waals surface area contributed by atoms with Crippen molar-refractivity contribution in [3.63, 3.8) is 0 Å². The van der Waals surface area contributed by atoms with Gasteiger partial charge < -0.3 is 10.6 Å². The van der Waals surface area contributed by atoms with E-state index in [1.807, 2.05) is 6.92 Å². The van der Waals surface area contributed by atoms with Gasteiger partial charge in [-0.3, -0.25) is 4.79 Å². The maximum atomic E-state index is 12.1. The lowest BCUT2D eigenvalue weighted by Crippen LogP contribution is -2.27. The summed E-state index contributed by atoms with van der Waals surface area (Å²) in [5.41, 5.74) is 4.37. The summed E-state index contributed by atoms with van der Waals surface area (Å²) in [5.74, 6) is -0.331. The number of carbonyl (C=O) groups is 1. The van der Waals surface area contributed by atoms with Gasteiger partial charge >= 0.3 is 0 Å². The molecule has 2 rings (SSSR count). The van der Waals surface area contributed by atoms with Gasteiger partial charge in [0.25, 0.3) is 5.91 Å². The third kappa shape index (κ3) is 6.01. The average molecular weight is 395 g/mol. The highest BCUT2D eigenvalue weighted by molar-refractivity contribution is 7.80. The highest BCUT2D eigenvalue weighted by Gasteiger charge is 2.05. The molecule has 0 heterocycles. The molecule has 0 radical (unpaired) electrons. The van der Waals surface area contributed by atoms with Crippen molar-refractivity contribution in [3.8, 4) is 0 Å². The van der Waals surface area contributed by atoms with Crippen LogP contribution in [0.15, 0.2) is 47.6 Å². The first kappa shape index (κ1) is 19.2. The van der Waals surface area contributed by atoms with Crippen LogP contribution < -0.4 is 16.1 Å². The van der Waals surface area contributed by atoms with Crippen molar-refractivity contribution in [2.24, 2.45) is 5.10 Å². The first-order valence-corrected chi connectivity index (χ1v) is 8.59. The number of benzene rings is 2. The van der Waals surface area contributed by atoms with Gasteiger partial charge in [-0.25, -0.2) is 5.43 Å². The van der Waals surface area contributed by atoms with Crippen LogP contribution in [0.3, 0.4) is 0 Å². The first-order chi connectivity index (χ1) is 12.0. The highest BCUT2D eigenvalue weighted by atomic mass is 35.5. The molecule has 0 aliphatic heterocycles. The number of hydrazone groups is 1. The zero-order valence-electron chi connectivity index (χ0n) is 13.3. The van der Waals surface area contributed by atoms with Crippen LogP contribution in [-0.2, 0) is 0 Å². The summed E-state index contributed by atoms with van der Waals surface area (Å²) in [4.78, 5) is 12.1. The molecule has 2 aromatic carbocycles. The summed E-state index contributed by atoms with van der Waals surface area (Å²) in [7, 11) is 0. The summed E-state index contributed by atoms with van der Waals surface area (Å²) in [5, 5.41) is 11.4. The maximum absolute atomic E-state index is 12.1. The molecule has 8 heteroatoms. The minimum Gasteiger partial charge on any atom is -0.363 e. The number of halogens is 2. The van der Waals surface area contributed by atoms with E-state index in [9.17, 15) is 4.79 Å². The maximum Gasteiger partial charge on any atom is 0.271 e. The summed E-state index contributed by atoms with van der Waals surface area (Å²) < 4.78 is 0. The summed E-state index contributed by atoms with van der Waals surface area (Å²) in [6.45, 7) is 2.70. The number of anilines is 1. The fourth-order valence-electron chi connectivity index (χ4n) is 1.87. The van der Waals surface area contributed by atoms with Crippen LogP contribution in [-0.4, -0.2) is 23.8 Å². The lowest BCUT2D eigenvalue weighted by atomic mass is 10.2. The van der Waals surface area contributed by atoms with E-state index in [0.29, 0.717) is 26.3 Å². The van der Waals surface area contributed by atoms with E-state index in [2.05, 4.69) is 21.2 Å². The largest absolute Gasteiger partial charge is 0.363 e. The molecule has 0 unspecified atom stereocenters. The summed E-state index contributed by atoms with van der Waals surface area (Å²) >= 11 is 17.0. The number of nitrogens with one attached hydrogen (secondary N) is 3. The Bertz CT molecular complexity index is 794. The SMILES string of the molecule is CCNC(=S)Nc1ccc(C(=O)N/N=C/c2ccc(Cl)cc2Cl)cc1. The molecule has 0 bridgehead atoms. The Morgan fingerprint density at radius 2 is 1.92 bits per heavy atom. The molecule has 5 nitrogen and oxygen atoms in total. The minimum absolute atomic E-state index is 0.331. The quantitative estimate of drug-likeness (QED) is 0.406. The van der Waals surface area contributed by atoms with E-state index in [1.54, 1.807) is 42.5 Å². The predicted octanol–water partition coefficient (Wildman–Crippen LogP) is 4.06. The molecular weight excluding hydrogens is 379 g/mol. The van der Waals surface area contributed by atoms with Crippen LogP contribution in [0.5, 0.6) is 0 Å². The molecule has 0 aromatic heterocycles. The van der Waals surface area contributed by atoms with E-state index in [0.717, 1.165) is 12.2 Å². The molecular formula is C17H16Cl2N4OS. The van der Waals surface area contributed by atoms with Crippen LogP contribution in [0.2, 0.25) is 10.0 Å². The van der Waals surface area contributed by atoms with Crippen molar-refractivity contribution in [2.75, 3.05) is 11.9 Å². The number of hydrogen-bond acceptors (Lipinski definition) is 3. The Labute approximate surface area is 161 Å². The van der Waals surface area contributed by atoms with Crippen LogP contribution in [0.1, 0.15) is 22.8 Å². The van der Waals surface area contributed by atoms with Crippen LogP contribution in [0.4, 0.5) is 5.69 Å². The number of hydrogen-bond donors (Lipinski definition) is 3. The molecule has 3 N–H and O–H groups in total. The third-order valence-electron chi connectivity index (χ3n) is 3.07. The average Bonchev–Trinajstić information content (AvgIpc) is 2.57. The van der Waals surface area contributed by atoms with E-state index in [4.69, 9.17) is 35.4 Å². The first-order valence-electron chi connectivity index (χ1n) is 7.43. The normalized spacial score (nSPS) is 10.5. The van der Waals surface area contributed by atoms with Crippen molar-refractivity contribution in [2.45, 2.75) is 6.92 Å². The molecule has 0 aliphatic carbocycles. The topological polar surface area (TPSA) is 65.5 Å². The fourth-order valence-corrected chi connectivity index (χ4v) is 2.59. The number of rotatable bonds is 5. The molecule has 0 saturated heterocycles. The molecule has 1 amide bonds. The van der Waals surface area contributed by atoms with Crippen molar-refractivity contribution >= 4 is 58.3 Å². The molecule has 2 aromatic rings. The molecule has 0 saturated carbocycles. The third-order valence-corrected chi connectivity index (χ3v) is 3.88. The van der Waals surface area contributed by atoms with Gasteiger partial charge in [-0.2, -0.15) is 5.10 Å². The van der Waals surface area contributed by atoms with E-state index in [-0.39, 0.29) is 5.91 Å². The predicted molar refractivity (Wildman–Crippen MR) is 108 cm³/mol. The highest BCUT2D eigenvalue weighted by Crippen LogP contribution is 2.19. The van der Waals surface area contributed by atoms with E-state index < -0.39 is 0 Å². The number of nitrogens with zero attached hydrogens (tertiary/aromatic N) is 1. The van der Waals surface area contributed by atoms with Gasteiger partial charge in [-0.1, -0.05) is 29.3 Å². The zero-order chi connectivity index (χ0) is 18.2. The lowest BCUT2D eigenvalue weighted by molar-refractivity contribution is 0.0955. The standard InChI is InChI=1S/C17H16Cl2N4OS/c1-2-20-17(25)22-14-7-4-11(5-8-14)16(24)23-21-10-12-3-6-13(18)9-15(12)19/h3-10H,2H2,1H3,(H,23,24)(H2,20,22,25)/b21-10+. The van der Waals surface area contributed by atoms with Gasteiger partial charge in [-0.15, -0.1) is 0 Å². The van der Waals surface area contributed by atoms with Gasteiger partial charge in [0.1, 0.15) is 0 Å². The second-order valence-electron chi connectivity index (χ2n) is 4.93. The minimum atomic E-state index is -0.331. The van der Waals surface area contributed by atoms with E-state index in [1.165, 1.54) is 6.21 Å². The van der Waals surface area contributed by atoms with Gasteiger partial charge in [0, 0.05) is 28.4 Å². The summed E-state index contributed by atoms with van der Waals surface area (Å²) in [6.07, 6.45) is 1.46. The van der Waals surface area contributed by atoms with Crippen molar-refractivity contribution in [1.82, 2.24) is 10.7 Å².